The average molecular weight is 434 g/mol. The number of aryl methyl sites for hydroxylation is 1. The SMILES string of the molecule is COC(=O)[C@@H]1[C@@H](C)OC(C)(C)[C@H](Br)CN1S(=O)(=O)c1ccc(C)cc1. The van der Waals surface area contributed by atoms with Gasteiger partial charge in [0.15, 0.2) is 0 Å². The maximum absolute atomic E-state index is 13.2. The third kappa shape index (κ3) is 4.07. The van der Waals surface area contributed by atoms with Crippen LogP contribution in [0, 0.1) is 6.92 Å². The number of hydrogen-bond acceptors (Lipinski definition) is 5. The minimum absolute atomic E-state index is 0.0906. The summed E-state index contributed by atoms with van der Waals surface area (Å²) < 4.78 is 38.5. The molecule has 6 nitrogen and oxygen atoms in total. The van der Waals surface area contributed by atoms with Gasteiger partial charge in [-0.2, -0.15) is 4.31 Å². The van der Waals surface area contributed by atoms with Crippen LogP contribution in [0.2, 0.25) is 0 Å². The topological polar surface area (TPSA) is 72.9 Å². The van der Waals surface area contributed by atoms with Crippen molar-refractivity contribution in [3.8, 4) is 0 Å². The summed E-state index contributed by atoms with van der Waals surface area (Å²) in [7, 11) is -2.66. The molecule has 0 unspecified atom stereocenters. The van der Waals surface area contributed by atoms with Gasteiger partial charge in [0.05, 0.1) is 28.5 Å². The summed E-state index contributed by atoms with van der Waals surface area (Å²) in [5.41, 5.74) is 0.305. The summed E-state index contributed by atoms with van der Waals surface area (Å²) in [6, 6.07) is 5.49. The van der Waals surface area contributed by atoms with E-state index in [9.17, 15) is 13.2 Å². The molecule has 0 amide bonds. The van der Waals surface area contributed by atoms with Gasteiger partial charge in [0, 0.05) is 6.54 Å². The Bertz CT molecular complexity index is 732. The van der Waals surface area contributed by atoms with Crippen molar-refractivity contribution >= 4 is 31.9 Å². The zero-order valence-electron chi connectivity index (χ0n) is 15.0. The first-order chi connectivity index (χ1) is 11.5. The van der Waals surface area contributed by atoms with Gasteiger partial charge in [-0.15, -0.1) is 0 Å². The molecule has 1 saturated heterocycles. The van der Waals surface area contributed by atoms with Crippen molar-refractivity contribution in [2.24, 2.45) is 0 Å². The lowest BCUT2D eigenvalue weighted by Crippen LogP contribution is -2.51. The molecule has 0 N–H and O–H groups in total. The van der Waals surface area contributed by atoms with Crippen LogP contribution in [0.4, 0.5) is 0 Å². The predicted octanol–water partition coefficient (Wildman–Crippen LogP) is 2.49. The summed E-state index contributed by atoms with van der Waals surface area (Å²) in [6.07, 6.45) is -0.662. The van der Waals surface area contributed by atoms with Crippen LogP contribution >= 0.6 is 15.9 Å². The van der Waals surface area contributed by atoms with E-state index in [4.69, 9.17) is 9.47 Å². The van der Waals surface area contributed by atoms with E-state index in [1.165, 1.54) is 11.4 Å². The molecule has 0 bridgehead atoms. The van der Waals surface area contributed by atoms with E-state index in [-0.39, 0.29) is 16.3 Å². The van der Waals surface area contributed by atoms with E-state index in [0.29, 0.717) is 0 Å². The van der Waals surface area contributed by atoms with Crippen molar-refractivity contribution in [3.63, 3.8) is 0 Å². The van der Waals surface area contributed by atoms with Crippen molar-refractivity contribution in [1.82, 2.24) is 4.31 Å². The fraction of sp³-hybridized carbons (Fsp3) is 0.588. The number of hydrogen-bond donors (Lipinski definition) is 0. The highest BCUT2D eigenvalue weighted by atomic mass is 79.9. The number of methoxy groups -OCH3 is 1. The van der Waals surface area contributed by atoms with Crippen molar-refractivity contribution < 1.29 is 22.7 Å². The number of benzene rings is 1. The molecule has 1 aliphatic rings. The second kappa shape index (κ2) is 7.34. The van der Waals surface area contributed by atoms with Crippen LogP contribution in [0.3, 0.4) is 0 Å². The fourth-order valence-electron chi connectivity index (χ4n) is 2.87. The fourth-order valence-corrected chi connectivity index (χ4v) is 5.13. The lowest BCUT2D eigenvalue weighted by molar-refractivity contribution is -0.152. The quantitative estimate of drug-likeness (QED) is 0.540. The molecule has 1 heterocycles. The summed E-state index contributed by atoms with van der Waals surface area (Å²) in [5.74, 6) is -0.638. The van der Waals surface area contributed by atoms with E-state index in [0.717, 1.165) is 5.56 Å². The Labute approximate surface area is 157 Å². The second-order valence-corrected chi connectivity index (χ2v) is 9.75. The molecule has 0 aliphatic carbocycles. The van der Waals surface area contributed by atoms with Crippen LogP contribution < -0.4 is 0 Å². The van der Waals surface area contributed by atoms with Crippen LogP contribution in [0.15, 0.2) is 29.2 Å². The minimum atomic E-state index is -3.90. The molecule has 1 aromatic carbocycles. The number of esters is 1. The highest BCUT2D eigenvalue weighted by Crippen LogP contribution is 2.34. The Kier molecular flexibility index (Phi) is 5.98. The number of carbonyl (C=O) groups is 1. The summed E-state index contributed by atoms with van der Waals surface area (Å²) in [5, 5.41) is 0. The first kappa shape index (κ1) is 20.4. The van der Waals surface area contributed by atoms with Crippen LogP contribution in [0.5, 0.6) is 0 Å². The maximum atomic E-state index is 13.2. The monoisotopic (exact) mass is 433 g/mol. The Hall–Kier alpha value is -0.960. The average Bonchev–Trinajstić information content (AvgIpc) is 2.61. The molecule has 1 fully saturated rings. The molecule has 1 aliphatic heterocycles. The molecule has 0 saturated carbocycles. The van der Waals surface area contributed by atoms with Crippen molar-refractivity contribution in [1.29, 1.82) is 0 Å². The van der Waals surface area contributed by atoms with Crippen LogP contribution in [-0.2, 0) is 24.3 Å². The molecule has 0 radical (unpaired) electrons. The highest BCUT2D eigenvalue weighted by molar-refractivity contribution is 9.09. The Morgan fingerprint density at radius 1 is 1.32 bits per heavy atom. The minimum Gasteiger partial charge on any atom is -0.468 e. The molecule has 1 aromatic rings. The molecule has 0 aromatic heterocycles. The van der Waals surface area contributed by atoms with E-state index >= 15 is 0 Å². The van der Waals surface area contributed by atoms with E-state index in [2.05, 4.69) is 15.9 Å². The van der Waals surface area contributed by atoms with Crippen molar-refractivity contribution in [2.75, 3.05) is 13.7 Å². The van der Waals surface area contributed by atoms with Gasteiger partial charge < -0.3 is 9.47 Å². The third-order valence-corrected chi connectivity index (χ3v) is 7.66. The van der Waals surface area contributed by atoms with E-state index < -0.39 is 33.7 Å². The van der Waals surface area contributed by atoms with Crippen molar-refractivity contribution in [3.05, 3.63) is 29.8 Å². The molecular weight excluding hydrogens is 410 g/mol. The molecule has 140 valence electrons. The van der Waals surface area contributed by atoms with Gasteiger partial charge in [-0.1, -0.05) is 33.6 Å². The Morgan fingerprint density at radius 2 is 1.88 bits per heavy atom. The second-order valence-electron chi connectivity index (χ2n) is 6.75. The lowest BCUT2D eigenvalue weighted by atomic mass is 10.1. The summed E-state index contributed by atoms with van der Waals surface area (Å²) in [6.45, 7) is 7.38. The number of rotatable bonds is 3. The van der Waals surface area contributed by atoms with Gasteiger partial charge in [-0.25, -0.2) is 8.42 Å². The van der Waals surface area contributed by atoms with Crippen LogP contribution in [-0.4, -0.2) is 54.9 Å². The first-order valence-electron chi connectivity index (χ1n) is 7.99. The van der Waals surface area contributed by atoms with Gasteiger partial charge in [0.25, 0.3) is 0 Å². The molecule has 0 spiro atoms. The zero-order chi connectivity index (χ0) is 19.0. The van der Waals surface area contributed by atoms with E-state index in [1.807, 2.05) is 20.8 Å². The van der Waals surface area contributed by atoms with E-state index in [1.54, 1.807) is 31.2 Å². The van der Waals surface area contributed by atoms with Gasteiger partial charge in [0.1, 0.15) is 6.04 Å². The first-order valence-corrected chi connectivity index (χ1v) is 10.3. The zero-order valence-corrected chi connectivity index (χ0v) is 17.4. The molecular formula is C17H24BrNO5S. The standard InChI is InChI=1S/C17H24BrNO5S/c1-11-6-8-13(9-7-11)25(21,22)19-10-14(18)17(3,4)24-12(2)15(19)16(20)23-5/h6-9,12,14-15H,10H2,1-5H3/t12-,14-,15+/m1/s1. The molecule has 3 atom stereocenters. The van der Waals surface area contributed by atoms with Gasteiger partial charge in [0.2, 0.25) is 10.0 Å². The number of ether oxygens (including phenoxy) is 2. The summed E-state index contributed by atoms with van der Waals surface area (Å²) >= 11 is 3.52. The van der Waals surface area contributed by atoms with Gasteiger partial charge >= 0.3 is 5.97 Å². The predicted molar refractivity (Wildman–Crippen MR) is 98.2 cm³/mol. The normalized spacial score (nSPS) is 27.5. The number of carbonyl (C=O) groups excluding carboxylic acids is 1. The van der Waals surface area contributed by atoms with Gasteiger partial charge in [-0.3, -0.25) is 4.79 Å². The van der Waals surface area contributed by atoms with Gasteiger partial charge in [-0.05, 0) is 39.8 Å². The third-order valence-electron chi connectivity index (χ3n) is 4.41. The number of alkyl halides is 1. The largest absolute Gasteiger partial charge is 0.468 e. The molecule has 25 heavy (non-hydrogen) atoms. The summed E-state index contributed by atoms with van der Waals surface area (Å²) in [4.78, 5) is 12.2. The highest BCUT2D eigenvalue weighted by Gasteiger charge is 2.48. The van der Waals surface area contributed by atoms with Crippen LogP contribution in [0.1, 0.15) is 26.3 Å². The lowest BCUT2D eigenvalue weighted by Gasteiger charge is -2.30. The smallest absolute Gasteiger partial charge is 0.326 e. The Balaban J connectivity index is 2.55. The maximum Gasteiger partial charge on any atom is 0.326 e. The van der Waals surface area contributed by atoms with Crippen molar-refractivity contribution in [2.45, 2.75) is 55.2 Å². The Morgan fingerprint density at radius 3 is 2.40 bits per heavy atom. The molecule has 2 rings (SSSR count). The van der Waals surface area contributed by atoms with Crippen LogP contribution in [0.25, 0.3) is 0 Å². The number of halogens is 1. The molecule has 8 heteroatoms. The number of sulfonamides is 1. The number of nitrogens with zero attached hydrogens (tertiary/aromatic N) is 1.